The monoisotopic (exact) mass is 321 g/mol. The molecule has 2 aliphatic carbocycles. The molecule has 24 heavy (non-hydrogen) atoms. The van der Waals surface area contributed by atoms with Gasteiger partial charge in [0.15, 0.2) is 0 Å². The van der Waals surface area contributed by atoms with E-state index in [0.29, 0.717) is 6.42 Å². The number of nitrogens with one attached hydrogen (secondary N) is 1. The number of rotatable bonds is 2. The Hall–Kier alpha value is -2.16. The molecule has 2 atom stereocenters. The van der Waals surface area contributed by atoms with Crippen LogP contribution < -0.4 is 5.32 Å². The topological polar surface area (TPSA) is 46.2 Å². The molecule has 0 radical (unpaired) electrons. The van der Waals surface area contributed by atoms with E-state index >= 15 is 0 Å². The lowest BCUT2D eigenvalue weighted by molar-refractivity contribution is -0.131. The second-order valence-corrected chi connectivity index (χ2v) is 8.12. The van der Waals surface area contributed by atoms with Crippen LogP contribution in [0.25, 0.3) is 10.8 Å². The summed E-state index contributed by atoms with van der Waals surface area (Å²) in [4.78, 5) is 25.8. The van der Waals surface area contributed by atoms with E-state index in [-0.39, 0.29) is 22.5 Å². The van der Waals surface area contributed by atoms with Crippen LogP contribution in [0.15, 0.2) is 42.5 Å². The Morgan fingerprint density at radius 2 is 1.71 bits per heavy atom. The Balaban J connectivity index is 1.74. The summed E-state index contributed by atoms with van der Waals surface area (Å²) >= 11 is 0. The van der Waals surface area contributed by atoms with Gasteiger partial charge in [0, 0.05) is 22.9 Å². The first kappa shape index (κ1) is 15.4. The molecule has 1 N–H and O–H groups in total. The minimum Gasteiger partial charge on any atom is -0.325 e. The number of fused-ring (bicyclic) bond motifs is 3. The molecule has 0 unspecified atom stereocenters. The summed E-state index contributed by atoms with van der Waals surface area (Å²) in [6.07, 6.45) is 1.97. The molecule has 2 fully saturated rings. The zero-order valence-electron chi connectivity index (χ0n) is 14.5. The Morgan fingerprint density at radius 3 is 2.38 bits per heavy atom. The molecule has 2 bridgehead atoms. The lowest BCUT2D eigenvalue weighted by Crippen LogP contribution is -2.43. The lowest BCUT2D eigenvalue weighted by Gasteiger charge is -2.38. The van der Waals surface area contributed by atoms with Crippen LogP contribution in [0.2, 0.25) is 0 Å². The third-order valence-corrected chi connectivity index (χ3v) is 7.18. The van der Waals surface area contributed by atoms with Gasteiger partial charge in [-0.25, -0.2) is 0 Å². The molecule has 0 heterocycles. The maximum absolute atomic E-state index is 13.3. The van der Waals surface area contributed by atoms with Gasteiger partial charge in [0.1, 0.15) is 5.78 Å². The van der Waals surface area contributed by atoms with Crippen molar-refractivity contribution in [3.8, 4) is 0 Å². The molecule has 3 nitrogen and oxygen atoms in total. The second-order valence-electron chi connectivity index (χ2n) is 8.12. The molecule has 2 aromatic rings. The Morgan fingerprint density at radius 1 is 1.00 bits per heavy atom. The van der Waals surface area contributed by atoms with Crippen LogP contribution >= 0.6 is 0 Å². The highest BCUT2D eigenvalue weighted by Crippen LogP contribution is 2.70. The van der Waals surface area contributed by atoms with Crippen molar-refractivity contribution in [2.75, 3.05) is 5.32 Å². The SMILES string of the molecule is CC1(C)[C@@]2(C(=O)Nc3cccc4ccccc34)CC[C@@]1(C)C(=O)C2. The van der Waals surface area contributed by atoms with Crippen molar-refractivity contribution in [3.05, 3.63) is 42.5 Å². The summed E-state index contributed by atoms with van der Waals surface area (Å²) in [7, 11) is 0. The zero-order chi connectivity index (χ0) is 17.2. The predicted molar refractivity (Wildman–Crippen MR) is 95.8 cm³/mol. The average molecular weight is 321 g/mol. The van der Waals surface area contributed by atoms with Crippen LogP contribution in [-0.4, -0.2) is 11.7 Å². The summed E-state index contributed by atoms with van der Waals surface area (Å²) in [5.74, 6) is 0.241. The van der Waals surface area contributed by atoms with Crippen LogP contribution in [0.1, 0.15) is 40.0 Å². The van der Waals surface area contributed by atoms with E-state index in [9.17, 15) is 9.59 Å². The van der Waals surface area contributed by atoms with Gasteiger partial charge in [0.2, 0.25) is 5.91 Å². The van der Waals surface area contributed by atoms with Gasteiger partial charge in [-0.05, 0) is 29.7 Å². The highest BCUT2D eigenvalue weighted by atomic mass is 16.2. The van der Waals surface area contributed by atoms with Crippen LogP contribution in [0, 0.1) is 16.2 Å². The molecule has 3 heteroatoms. The van der Waals surface area contributed by atoms with Gasteiger partial charge in [-0.15, -0.1) is 0 Å². The minimum atomic E-state index is -0.588. The summed E-state index contributed by atoms with van der Waals surface area (Å²) < 4.78 is 0. The largest absolute Gasteiger partial charge is 0.325 e. The number of benzene rings is 2. The summed E-state index contributed by atoms with van der Waals surface area (Å²) in [6, 6.07) is 14.0. The van der Waals surface area contributed by atoms with Gasteiger partial charge in [-0.3, -0.25) is 9.59 Å². The second kappa shape index (κ2) is 4.69. The van der Waals surface area contributed by atoms with Crippen LogP contribution in [0.5, 0.6) is 0 Å². The highest BCUT2D eigenvalue weighted by molar-refractivity contribution is 6.08. The fraction of sp³-hybridized carbons (Fsp3) is 0.429. The van der Waals surface area contributed by atoms with E-state index in [0.717, 1.165) is 29.3 Å². The number of anilines is 1. The molecule has 2 saturated carbocycles. The third-order valence-electron chi connectivity index (χ3n) is 7.18. The normalized spacial score (nSPS) is 30.7. The van der Waals surface area contributed by atoms with E-state index in [1.54, 1.807) is 0 Å². The predicted octanol–water partition coefficient (Wildman–Crippen LogP) is 4.56. The number of amides is 1. The number of ketones is 1. The molecular formula is C21H23NO2. The van der Waals surface area contributed by atoms with Crippen LogP contribution in [0.3, 0.4) is 0 Å². The maximum Gasteiger partial charge on any atom is 0.231 e. The number of hydrogen-bond donors (Lipinski definition) is 1. The van der Waals surface area contributed by atoms with Crippen molar-refractivity contribution in [2.24, 2.45) is 16.2 Å². The number of carbonyl (C=O) groups is 2. The van der Waals surface area contributed by atoms with Gasteiger partial charge in [0.05, 0.1) is 5.41 Å². The standard InChI is InChI=1S/C21H23NO2/c1-19(2)20(3)11-12-21(19,13-17(20)23)18(24)22-16-10-6-8-14-7-4-5-9-15(14)16/h4-10H,11-13H2,1-3H3,(H,22,24)/t20-,21-/m0/s1. The molecule has 124 valence electrons. The van der Waals surface area contributed by atoms with E-state index in [1.807, 2.05) is 49.4 Å². The molecule has 2 aliphatic rings. The fourth-order valence-corrected chi connectivity index (χ4v) is 4.94. The first-order chi connectivity index (χ1) is 11.3. The summed E-state index contributed by atoms with van der Waals surface area (Å²) in [6.45, 7) is 6.22. The highest BCUT2D eigenvalue weighted by Gasteiger charge is 2.72. The molecule has 2 aromatic carbocycles. The average Bonchev–Trinajstić information content (AvgIpc) is 2.85. The lowest BCUT2D eigenvalue weighted by atomic mass is 9.64. The van der Waals surface area contributed by atoms with Crippen molar-refractivity contribution in [3.63, 3.8) is 0 Å². The number of carbonyl (C=O) groups excluding carboxylic acids is 2. The molecule has 0 aliphatic heterocycles. The molecular weight excluding hydrogens is 298 g/mol. The zero-order valence-corrected chi connectivity index (χ0v) is 14.5. The first-order valence-electron chi connectivity index (χ1n) is 8.64. The van der Waals surface area contributed by atoms with Crippen molar-refractivity contribution >= 4 is 28.2 Å². The van der Waals surface area contributed by atoms with Gasteiger partial charge in [0.25, 0.3) is 0 Å². The maximum atomic E-state index is 13.3. The van der Waals surface area contributed by atoms with Crippen molar-refractivity contribution in [1.82, 2.24) is 0 Å². The molecule has 4 rings (SSSR count). The smallest absolute Gasteiger partial charge is 0.231 e. The summed E-state index contributed by atoms with van der Waals surface area (Å²) in [5.41, 5.74) is -0.443. The molecule has 0 aromatic heterocycles. The van der Waals surface area contributed by atoms with Crippen molar-refractivity contribution < 1.29 is 9.59 Å². The van der Waals surface area contributed by atoms with Crippen molar-refractivity contribution in [2.45, 2.75) is 40.0 Å². The number of Topliss-reactive ketones (excluding diaryl/α,β-unsaturated/α-hetero) is 1. The van der Waals surface area contributed by atoms with Gasteiger partial charge in [-0.1, -0.05) is 57.2 Å². The van der Waals surface area contributed by atoms with E-state index in [2.05, 4.69) is 19.2 Å². The minimum absolute atomic E-state index is 0.00146. The van der Waals surface area contributed by atoms with Gasteiger partial charge >= 0.3 is 0 Å². The van der Waals surface area contributed by atoms with Crippen molar-refractivity contribution in [1.29, 1.82) is 0 Å². The molecule has 0 spiro atoms. The third kappa shape index (κ3) is 1.68. The van der Waals surface area contributed by atoms with Crippen LogP contribution in [0.4, 0.5) is 5.69 Å². The van der Waals surface area contributed by atoms with Crippen LogP contribution in [-0.2, 0) is 9.59 Å². The van der Waals surface area contributed by atoms with E-state index < -0.39 is 5.41 Å². The van der Waals surface area contributed by atoms with E-state index in [1.165, 1.54) is 0 Å². The first-order valence-corrected chi connectivity index (χ1v) is 8.64. The Kier molecular flexibility index (Phi) is 3.00. The number of hydrogen-bond acceptors (Lipinski definition) is 2. The fourth-order valence-electron chi connectivity index (χ4n) is 4.94. The van der Waals surface area contributed by atoms with E-state index in [4.69, 9.17) is 0 Å². The molecule has 1 amide bonds. The molecule has 0 saturated heterocycles. The van der Waals surface area contributed by atoms with Gasteiger partial charge in [-0.2, -0.15) is 0 Å². The Bertz CT molecular complexity index is 864. The Labute approximate surface area is 142 Å². The van der Waals surface area contributed by atoms with Gasteiger partial charge < -0.3 is 5.32 Å². The summed E-state index contributed by atoms with van der Waals surface area (Å²) in [5, 5.41) is 5.28. The quantitative estimate of drug-likeness (QED) is 0.881.